The van der Waals surface area contributed by atoms with E-state index in [1.807, 2.05) is 18.2 Å². The number of nitrogens with two attached hydrogens (primary N) is 1. The van der Waals surface area contributed by atoms with Gasteiger partial charge in [0.15, 0.2) is 5.82 Å². The first-order chi connectivity index (χ1) is 9.20. The average Bonchev–Trinajstić information content (AvgIpc) is 3.15. The molecule has 96 valence electrons. The zero-order chi connectivity index (χ0) is 13.4. The summed E-state index contributed by atoms with van der Waals surface area (Å²) < 4.78 is 1.51. The molecule has 0 amide bonds. The number of nitriles is 1. The SMILES string of the molecule is N#Cc1c(NC2CC2)nn(-c2ccccc2Cl)c1N. The average molecular weight is 274 g/mol. The summed E-state index contributed by atoms with van der Waals surface area (Å²) in [6, 6.07) is 9.75. The van der Waals surface area contributed by atoms with Gasteiger partial charge in [0.2, 0.25) is 0 Å². The van der Waals surface area contributed by atoms with Crippen molar-refractivity contribution in [1.82, 2.24) is 9.78 Å². The van der Waals surface area contributed by atoms with Crippen LogP contribution in [0.25, 0.3) is 5.69 Å². The highest BCUT2D eigenvalue weighted by atomic mass is 35.5. The molecule has 1 aromatic carbocycles. The zero-order valence-corrected chi connectivity index (χ0v) is 10.9. The van der Waals surface area contributed by atoms with Gasteiger partial charge in [-0.1, -0.05) is 23.7 Å². The Kier molecular flexibility index (Phi) is 2.80. The van der Waals surface area contributed by atoms with E-state index in [1.165, 1.54) is 4.68 Å². The van der Waals surface area contributed by atoms with Crippen LogP contribution in [-0.2, 0) is 0 Å². The summed E-state index contributed by atoms with van der Waals surface area (Å²) >= 11 is 6.13. The Morgan fingerprint density at radius 1 is 1.42 bits per heavy atom. The number of nitrogen functional groups attached to an aromatic ring is 1. The minimum Gasteiger partial charge on any atom is -0.382 e. The van der Waals surface area contributed by atoms with Crippen LogP contribution in [0.2, 0.25) is 5.02 Å². The fraction of sp³-hybridized carbons (Fsp3) is 0.231. The molecule has 1 aliphatic rings. The number of rotatable bonds is 3. The van der Waals surface area contributed by atoms with Crippen molar-refractivity contribution < 1.29 is 0 Å². The molecule has 0 unspecified atom stereocenters. The number of nitrogens with one attached hydrogen (secondary N) is 1. The van der Waals surface area contributed by atoms with E-state index in [0.29, 0.717) is 34.0 Å². The van der Waals surface area contributed by atoms with Crippen molar-refractivity contribution in [2.45, 2.75) is 18.9 Å². The molecule has 2 aromatic rings. The van der Waals surface area contributed by atoms with E-state index in [2.05, 4.69) is 16.5 Å². The maximum absolute atomic E-state index is 9.21. The van der Waals surface area contributed by atoms with Gasteiger partial charge in [0, 0.05) is 6.04 Å². The number of anilines is 2. The minimum absolute atomic E-state index is 0.304. The number of benzene rings is 1. The fourth-order valence-corrected chi connectivity index (χ4v) is 2.09. The highest BCUT2D eigenvalue weighted by Gasteiger charge is 2.25. The maximum atomic E-state index is 9.21. The van der Waals surface area contributed by atoms with Gasteiger partial charge in [-0.15, -0.1) is 5.10 Å². The highest BCUT2D eigenvalue weighted by molar-refractivity contribution is 6.32. The number of aromatic nitrogens is 2. The standard InChI is InChI=1S/C13H12ClN5/c14-10-3-1-2-4-11(10)19-12(16)9(7-15)13(18-19)17-8-5-6-8/h1-4,8H,5-6,16H2,(H,17,18). The molecule has 1 aromatic heterocycles. The molecule has 5 nitrogen and oxygen atoms in total. The van der Waals surface area contributed by atoms with Gasteiger partial charge >= 0.3 is 0 Å². The van der Waals surface area contributed by atoms with Crippen LogP contribution < -0.4 is 11.1 Å². The van der Waals surface area contributed by atoms with Crippen LogP contribution in [0, 0.1) is 11.3 Å². The van der Waals surface area contributed by atoms with Gasteiger partial charge in [0.1, 0.15) is 17.5 Å². The largest absolute Gasteiger partial charge is 0.382 e. The second-order valence-corrected chi connectivity index (χ2v) is 4.91. The molecule has 1 fully saturated rings. The Bertz CT molecular complexity index is 666. The van der Waals surface area contributed by atoms with Crippen LogP contribution >= 0.6 is 11.6 Å². The molecule has 3 N–H and O–H groups in total. The molecular weight excluding hydrogens is 262 g/mol. The Balaban J connectivity index is 2.09. The van der Waals surface area contributed by atoms with Crippen LogP contribution in [0.5, 0.6) is 0 Å². The van der Waals surface area contributed by atoms with Gasteiger partial charge in [-0.05, 0) is 25.0 Å². The number of halogens is 1. The molecule has 0 aliphatic heterocycles. The fourth-order valence-electron chi connectivity index (χ4n) is 1.87. The second-order valence-electron chi connectivity index (χ2n) is 4.50. The Morgan fingerprint density at radius 3 is 2.79 bits per heavy atom. The summed E-state index contributed by atoms with van der Waals surface area (Å²) in [5, 5.41) is 17.3. The first kappa shape index (κ1) is 11.9. The lowest BCUT2D eigenvalue weighted by Crippen LogP contribution is -2.04. The smallest absolute Gasteiger partial charge is 0.168 e. The normalized spacial score (nSPS) is 14.1. The molecular formula is C13H12ClN5. The molecule has 1 aliphatic carbocycles. The molecule has 19 heavy (non-hydrogen) atoms. The summed E-state index contributed by atoms with van der Waals surface area (Å²) in [4.78, 5) is 0. The highest BCUT2D eigenvalue weighted by Crippen LogP contribution is 2.31. The summed E-state index contributed by atoms with van der Waals surface area (Å²) in [5.74, 6) is 0.834. The van der Waals surface area contributed by atoms with E-state index >= 15 is 0 Å². The van der Waals surface area contributed by atoms with Gasteiger partial charge < -0.3 is 11.1 Å². The summed E-state index contributed by atoms with van der Waals surface area (Å²) in [6.07, 6.45) is 2.20. The van der Waals surface area contributed by atoms with Gasteiger partial charge in [-0.2, -0.15) is 5.26 Å². The van der Waals surface area contributed by atoms with Crippen molar-refractivity contribution in [2.75, 3.05) is 11.1 Å². The van der Waals surface area contributed by atoms with E-state index in [9.17, 15) is 5.26 Å². The van der Waals surface area contributed by atoms with Crippen LogP contribution in [-0.4, -0.2) is 15.8 Å². The number of para-hydroxylation sites is 1. The van der Waals surface area contributed by atoms with Crippen molar-refractivity contribution in [1.29, 1.82) is 5.26 Å². The molecule has 0 radical (unpaired) electrons. The number of hydrogen-bond acceptors (Lipinski definition) is 4. The lowest BCUT2D eigenvalue weighted by molar-refractivity contribution is 0.887. The first-order valence-corrected chi connectivity index (χ1v) is 6.38. The van der Waals surface area contributed by atoms with Crippen molar-refractivity contribution in [3.05, 3.63) is 34.9 Å². The van der Waals surface area contributed by atoms with Crippen molar-refractivity contribution in [3.63, 3.8) is 0 Å². The van der Waals surface area contributed by atoms with Gasteiger partial charge in [-0.3, -0.25) is 0 Å². The topological polar surface area (TPSA) is 79.7 Å². The Morgan fingerprint density at radius 2 is 2.16 bits per heavy atom. The van der Waals surface area contributed by atoms with E-state index in [4.69, 9.17) is 17.3 Å². The van der Waals surface area contributed by atoms with E-state index in [1.54, 1.807) is 6.07 Å². The lowest BCUT2D eigenvalue weighted by atomic mass is 10.3. The molecule has 1 saturated carbocycles. The van der Waals surface area contributed by atoms with E-state index < -0.39 is 0 Å². The summed E-state index contributed by atoms with van der Waals surface area (Å²) in [7, 11) is 0. The zero-order valence-electron chi connectivity index (χ0n) is 10.1. The predicted octanol–water partition coefficient (Wildman–Crippen LogP) is 2.55. The van der Waals surface area contributed by atoms with Crippen molar-refractivity contribution >= 4 is 23.2 Å². The van der Waals surface area contributed by atoms with E-state index in [-0.39, 0.29) is 0 Å². The molecule has 0 atom stereocenters. The van der Waals surface area contributed by atoms with Gasteiger partial charge in [-0.25, -0.2) is 4.68 Å². The summed E-state index contributed by atoms with van der Waals surface area (Å²) in [6.45, 7) is 0. The minimum atomic E-state index is 0.304. The number of nitrogens with zero attached hydrogens (tertiary/aromatic N) is 3. The maximum Gasteiger partial charge on any atom is 0.168 e. The second kappa shape index (κ2) is 4.48. The first-order valence-electron chi connectivity index (χ1n) is 6.00. The molecule has 0 saturated heterocycles. The van der Waals surface area contributed by atoms with Crippen LogP contribution in [0.1, 0.15) is 18.4 Å². The monoisotopic (exact) mass is 273 g/mol. The van der Waals surface area contributed by atoms with Crippen LogP contribution in [0.3, 0.4) is 0 Å². The van der Waals surface area contributed by atoms with Crippen LogP contribution in [0.4, 0.5) is 11.6 Å². The number of hydrogen-bond donors (Lipinski definition) is 2. The Labute approximate surface area is 115 Å². The van der Waals surface area contributed by atoms with Gasteiger partial charge in [0.25, 0.3) is 0 Å². The molecule has 6 heteroatoms. The van der Waals surface area contributed by atoms with Crippen molar-refractivity contribution in [3.8, 4) is 11.8 Å². The molecule has 1 heterocycles. The predicted molar refractivity (Wildman–Crippen MR) is 74.3 cm³/mol. The quantitative estimate of drug-likeness (QED) is 0.901. The lowest BCUT2D eigenvalue weighted by Gasteiger charge is -2.05. The third-order valence-electron chi connectivity index (χ3n) is 3.03. The Hall–Kier alpha value is -2.19. The summed E-state index contributed by atoms with van der Waals surface area (Å²) in [5.41, 5.74) is 7.03. The van der Waals surface area contributed by atoms with Crippen LogP contribution in [0.15, 0.2) is 24.3 Å². The molecule has 0 bridgehead atoms. The molecule has 0 spiro atoms. The van der Waals surface area contributed by atoms with Crippen molar-refractivity contribution in [2.24, 2.45) is 0 Å². The third kappa shape index (κ3) is 2.11. The van der Waals surface area contributed by atoms with E-state index in [0.717, 1.165) is 12.8 Å². The third-order valence-corrected chi connectivity index (χ3v) is 3.35. The molecule has 3 rings (SSSR count). The van der Waals surface area contributed by atoms with Gasteiger partial charge in [0.05, 0.1) is 10.7 Å².